The van der Waals surface area contributed by atoms with Crippen molar-refractivity contribution in [3.8, 4) is 0 Å². The number of hydrogen-bond acceptors (Lipinski definition) is 3. The monoisotopic (exact) mass is 275 g/mol. The van der Waals surface area contributed by atoms with Gasteiger partial charge in [0.25, 0.3) is 0 Å². The Morgan fingerprint density at radius 1 is 1.30 bits per heavy atom. The Morgan fingerprint density at radius 3 is 2.45 bits per heavy atom. The van der Waals surface area contributed by atoms with Crippen LogP contribution in [0.4, 0.5) is 0 Å². The number of primary amides is 1. The largest absolute Gasteiger partial charge is 0.366 e. The molecule has 0 radical (unpaired) electrons. The molecule has 1 aromatic carbocycles. The van der Waals surface area contributed by atoms with E-state index >= 15 is 0 Å². The summed E-state index contributed by atoms with van der Waals surface area (Å²) in [5, 5.41) is 3.24. The van der Waals surface area contributed by atoms with Crippen LogP contribution in [0.1, 0.15) is 22.8 Å². The Morgan fingerprint density at radius 2 is 1.95 bits per heavy atom. The molecular weight excluding hydrogens is 254 g/mol. The van der Waals surface area contributed by atoms with Crippen molar-refractivity contribution in [2.24, 2.45) is 17.6 Å². The molecule has 0 spiro atoms. The molecule has 5 nitrogen and oxygen atoms in total. The van der Waals surface area contributed by atoms with Gasteiger partial charge in [-0.3, -0.25) is 9.59 Å². The van der Waals surface area contributed by atoms with Crippen LogP contribution in [0.2, 0.25) is 0 Å². The van der Waals surface area contributed by atoms with Gasteiger partial charge in [0.15, 0.2) is 0 Å². The van der Waals surface area contributed by atoms with Gasteiger partial charge in [0.2, 0.25) is 11.8 Å². The van der Waals surface area contributed by atoms with Gasteiger partial charge in [0.05, 0.1) is 5.92 Å². The lowest BCUT2D eigenvalue weighted by molar-refractivity contribution is -0.135. The number of nitrogens with one attached hydrogen (secondary N) is 1. The number of amides is 2. The zero-order chi connectivity index (χ0) is 14.7. The average molecular weight is 275 g/mol. The first kappa shape index (κ1) is 14.5. The van der Waals surface area contributed by atoms with E-state index in [4.69, 9.17) is 5.73 Å². The fraction of sp³-hybridized carbons (Fsp3) is 0.467. The van der Waals surface area contributed by atoms with Crippen LogP contribution in [-0.4, -0.2) is 36.9 Å². The van der Waals surface area contributed by atoms with E-state index in [-0.39, 0.29) is 11.8 Å². The van der Waals surface area contributed by atoms with Crippen LogP contribution in [0, 0.1) is 11.8 Å². The van der Waals surface area contributed by atoms with Gasteiger partial charge in [-0.25, -0.2) is 0 Å². The Bertz CT molecular complexity index is 498. The van der Waals surface area contributed by atoms with Gasteiger partial charge in [0.1, 0.15) is 0 Å². The number of hydrogen-bond donors (Lipinski definition) is 2. The molecule has 108 valence electrons. The Labute approximate surface area is 119 Å². The molecule has 1 aromatic rings. The molecule has 3 N–H and O–H groups in total. The molecular formula is C15H21N3O2. The minimum Gasteiger partial charge on any atom is -0.366 e. The summed E-state index contributed by atoms with van der Waals surface area (Å²) in [5.41, 5.74) is 6.67. The molecule has 0 aliphatic carbocycles. The number of carbonyl (C=O) groups excluding carboxylic acids is 2. The molecule has 1 aliphatic rings. The standard InChI is InChI=1S/C15H21N3O2/c1-10-7-17-8-13(10)15(20)18(2)9-11-3-5-12(6-4-11)14(16)19/h3-6,10,13,17H,7-9H2,1-2H3,(H2,16,19)/t10-,13-/m1/s1. The maximum Gasteiger partial charge on any atom is 0.248 e. The fourth-order valence-corrected chi connectivity index (χ4v) is 2.55. The van der Waals surface area contributed by atoms with Crippen LogP contribution in [0.25, 0.3) is 0 Å². The molecule has 1 saturated heterocycles. The zero-order valence-corrected chi connectivity index (χ0v) is 11.9. The summed E-state index contributed by atoms with van der Waals surface area (Å²) in [6.45, 7) is 4.29. The minimum absolute atomic E-state index is 0.0601. The first-order chi connectivity index (χ1) is 9.49. The quantitative estimate of drug-likeness (QED) is 0.845. The maximum absolute atomic E-state index is 12.3. The van der Waals surface area contributed by atoms with Gasteiger partial charge in [0, 0.05) is 25.7 Å². The molecule has 0 bridgehead atoms. The van der Waals surface area contributed by atoms with Crippen LogP contribution in [0.3, 0.4) is 0 Å². The van der Waals surface area contributed by atoms with E-state index in [2.05, 4.69) is 12.2 Å². The van der Waals surface area contributed by atoms with Crippen LogP contribution in [-0.2, 0) is 11.3 Å². The Kier molecular flexibility index (Phi) is 4.39. The molecule has 1 aliphatic heterocycles. The van der Waals surface area contributed by atoms with Crippen molar-refractivity contribution in [1.29, 1.82) is 0 Å². The normalized spacial score (nSPS) is 21.7. The van der Waals surface area contributed by atoms with E-state index in [0.717, 1.165) is 18.7 Å². The highest BCUT2D eigenvalue weighted by Crippen LogP contribution is 2.19. The van der Waals surface area contributed by atoms with E-state index in [1.54, 1.807) is 17.0 Å². The number of benzene rings is 1. The topological polar surface area (TPSA) is 75.4 Å². The second kappa shape index (κ2) is 6.05. The summed E-state index contributed by atoms with van der Waals surface area (Å²) in [6.07, 6.45) is 0. The number of rotatable bonds is 4. The molecule has 0 unspecified atom stereocenters. The summed E-state index contributed by atoms with van der Waals surface area (Å²) >= 11 is 0. The number of carbonyl (C=O) groups is 2. The fourth-order valence-electron chi connectivity index (χ4n) is 2.55. The zero-order valence-electron chi connectivity index (χ0n) is 11.9. The van der Waals surface area contributed by atoms with Gasteiger partial charge in [-0.2, -0.15) is 0 Å². The van der Waals surface area contributed by atoms with Gasteiger partial charge in [-0.05, 0) is 30.2 Å². The third kappa shape index (κ3) is 3.17. The molecule has 1 fully saturated rings. The van der Waals surface area contributed by atoms with Gasteiger partial charge < -0.3 is 16.0 Å². The van der Waals surface area contributed by atoms with Crippen LogP contribution in [0.15, 0.2) is 24.3 Å². The second-order valence-corrected chi connectivity index (χ2v) is 5.50. The van der Waals surface area contributed by atoms with Crippen LogP contribution in [0.5, 0.6) is 0 Å². The molecule has 1 heterocycles. The van der Waals surface area contributed by atoms with Crippen molar-refractivity contribution in [1.82, 2.24) is 10.2 Å². The van der Waals surface area contributed by atoms with Gasteiger partial charge in [-0.15, -0.1) is 0 Å². The van der Waals surface area contributed by atoms with E-state index < -0.39 is 5.91 Å². The first-order valence-electron chi connectivity index (χ1n) is 6.83. The van der Waals surface area contributed by atoms with Crippen molar-refractivity contribution in [2.75, 3.05) is 20.1 Å². The van der Waals surface area contributed by atoms with Crippen LogP contribution >= 0.6 is 0 Å². The predicted octanol–water partition coefficient (Wildman–Crippen LogP) is 0.599. The molecule has 2 rings (SSSR count). The highest BCUT2D eigenvalue weighted by Gasteiger charge is 2.31. The van der Waals surface area contributed by atoms with Crippen LogP contribution < -0.4 is 11.1 Å². The molecule has 0 saturated carbocycles. The van der Waals surface area contributed by atoms with E-state index in [9.17, 15) is 9.59 Å². The predicted molar refractivity (Wildman–Crippen MR) is 77.0 cm³/mol. The van der Waals surface area contributed by atoms with E-state index in [1.165, 1.54) is 0 Å². The second-order valence-electron chi connectivity index (χ2n) is 5.50. The molecule has 2 atom stereocenters. The Hall–Kier alpha value is -1.88. The molecule has 0 aromatic heterocycles. The average Bonchev–Trinajstić information content (AvgIpc) is 2.84. The maximum atomic E-state index is 12.3. The summed E-state index contributed by atoms with van der Waals surface area (Å²) < 4.78 is 0. The van der Waals surface area contributed by atoms with Crippen molar-refractivity contribution >= 4 is 11.8 Å². The minimum atomic E-state index is -0.438. The number of nitrogens with zero attached hydrogens (tertiary/aromatic N) is 1. The van der Waals surface area contributed by atoms with Gasteiger partial charge >= 0.3 is 0 Å². The van der Waals surface area contributed by atoms with Crippen molar-refractivity contribution in [3.05, 3.63) is 35.4 Å². The number of nitrogens with two attached hydrogens (primary N) is 1. The lowest BCUT2D eigenvalue weighted by Gasteiger charge is -2.23. The lowest BCUT2D eigenvalue weighted by Crippen LogP contribution is -2.35. The van der Waals surface area contributed by atoms with E-state index in [1.807, 2.05) is 19.2 Å². The van der Waals surface area contributed by atoms with Crippen molar-refractivity contribution in [3.63, 3.8) is 0 Å². The summed E-state index contributed by atoms with van der Waals surface area (Å²) in [6, 6.07) is 7.05. The van der Waals surface area contributed by atoms with Crippen molar-refractivity contribution < 1.29 is 9.59 Å². The molecule has 2 amide bonds. The third-order valence-electron chi connectivity index (χ3n) is 3.87. The van der Waals surface area contributed by atoms with E-state index in [0.29, 0.717) is 18.0 Å². The third-order valence-corrected chi connectivity index (χ3v) is 3.87. The highest BCUT2D eigenvalue weighted by atomic mass is 16.2. The highest BCUT2D eigenvalue weighted by molar-refractivity contribution is 5.92. The van der Waals surface area contributed by atoms with Gasteiger partial charge in [-0.1, -0.05) is 19.1 Å². The molecule has 5 heteroatoms. The van der Waals surface area contributed by atoms with Crippen molar-refractivity contribution in [2.45, 2.75) is 13.5 Å². The Balaban J connectivity index is 1.98. The smallest absolute Gasteiger partial charge is 0.248 e. The lowest BCUT2D eigenvalue weighted by atomic mass is 9.96. The summed E-state index contributed by atoms with van der Waals surface area (Å²) in [7, 11) is 1.81. The molecule has 20 heavy (non-hydrogen) atoms. The first-order valence-corrected chi connectivity index (χ1v) is 6.83. The SMILES string of the molecule is C[C@@H]1CNC[C@H]1C(=O)N(C)Cc1ccc(C(N)=O)cc1. The summed E-state index contributed by atoms with van der Waals surface area (Å²) in [4.78, 5) is 25.1. The summed E-state index contributed by atoms with van der Waals surface area (Å²) in [5.74, 6) is 0.167.